The molecule has 0 aliphatic carbocycles. The highest BCUT2D eigenvalue weighted by Gasteiger charge is 2.39. The first-order chi connectivity index (χ1) is 14.1. The maximum Gasteiger partial charge on any atom is 0.257 e. The van der Waals surface area contributed by atoms with Crippen LogP contribution in [0.3, 0.4) is 0 Å². The van der Waals surface area contributed by atoms with Crippen LogP contribution in [0.5, 0.6) is 0 Å². The first-order valence-corrected chi connectivity index (χ1v) is 10.1. The molecule has 2 N–H and O–H groups in total. The predicted molar refractivity (Wildman–Crippen MR) is 110 cm³/mol. The smallest absolute Gasteiger partial charge is 0.257 e. The van der Waals surface area contributed by atoms with Gasteiger partial charge in [-0.2, -0.15) is 0 Å². The van der Waals surface area contributed by atoms with E-state index in [-0.39, 0.29) is 11.8 Å². The van der Waals surface area contributed by atoms with Crippen LogP contribution >= 0.6 is 11.6 Å². The highest BCUT2D eigenvalue weighted by molar-refractivity contribution is 6.45. The Hall–Kier alpha value is -2.61. The molecule has 3 aliphatic heterocycles. The quantitative estimate of drug-likeness (QED) is 0.757. The van der Waals surface area contributed by atoms with E-state index in [0.717, 1.165) is 26.3 Å². The van der Waals surface area contributed by atoms with Crippen LogP contribution in [-0.4, -0.2) is 72.0 Å². The highest BCUT2D eigenvalue weighted by Crippen LogP contribution is 2.39. The van der Waals surface area contributed by atoms with Crippen LogP contribution in [0, 0.1) is 0 Å². The fourth-order valence-electron chi connectivity index (χ4n) is 4.18. The van der Waals surface area contributed by atoms with Crippen LogP contribution < -0.4 is 5.32 Å². The number of aromatic nitrogens is 1. The number of morpholine rings is 1. The molecular formula is C21H21ClN4O3. The number of carbonyl (C=O) groups excluding carboxylic acids is 2. The third-order valence-corrected chi connectivity index (χ3v) is 6.00. The third-order valence-electron chi connectivity index (χ3n) is 5.77. The fraction of sp³-hybridized carbons (Fsp3) is 0.333. The molecule has 5 rings (SSSR count). The molecule has 150 valence electrons. The van der Waals surface area contributed by atoms with Crippen molar-refractivity contribution in [1.29, 1.82) is 0 Å². The van der Waals surface area contributed by atoms with Crippen LogP contribution in [0.25, 0.3) is 11.1 Å². The minimum absolute atomic E-state index is 0.144. The molecule has 0 spiro atoms. The van der Waals surface area contributed by atoms with Gasteiger partial charge in [-0.15, -0.1) is 0 Å². The van der Waals surface area contributed by atoms with Gasteiger partial charge >= 0.3 is 0 Å². The van der Waals surface area contributed by atoms with Gasteiger partial charge in [0.1, 0.15) is 0 Å². The molecule has 2 fully saturated rings. The first-order valence-electron chi connectivity index (χ1n) is 9.72. The molecule has 0 unspecified atom stereocenters. The van der Waals surface area contributed by atoms with Gasteiger partial charge in [-0.25, -0.2) is 0 Å². The lowest BCUT2D eigenvalue weighted by Crippen LogP contribution is -2.63. The Morgan fingerprint density at radius 1 is 1.17 bits per heavy atom. The van der Waals surface area contributed by atoms with Gasteiger partial charge in [0.05, 0.1) is 30.1 Å². The number of fused-ring (bicyclic) bond motifs is 1. The molecule has 7 nitrogen and oxygen atoms in total. The van der Waals surface area contributed by atoms with E-state index in [1.54, 1.807) is 29.3 Å². The van der Waals surface area contributed by atoms with Crippen molar-refractivity contribution >= 4 is 40.2 Å². The second kappa shape index (κ2) is 7.33. The SMILES string of the molecule is O=C1Nc2ccc(Cl)cc2C1=C(C(=O)N1CC(N2CCOCC2)C1)c1ccc[nH]1. The summed E-state index contributed by atoms with van der Waals surface area (Å²) in [6.45, 7) is 4.57. The average molecular weight is 413 g/mol. The van der Waals surface area contributed by atoms with Crippen molar-refractivity contribution in [1.82, 2.24) is 14.8 Å². The van der Waals surface area contributed by atoms with Crippen LogP contribution in [0.1, 0.15) is 11.3 Å². The molecule has 4 heterocycles. The minimum Gasteiger partial charge on any atom is -0.379 e. The number of anilines is 1. The van der Waals surface area contributed by atoms with Crippen LogP contribution in [0.2, 0.25) is 5.02 Å². The van der Waals surface area contributed by atoms with Crippen molar-refractivity contribution in [3.63, 3.8) is 0 Å². The normalized spacial score (nSPS) is 21.6. The summed E-state index contributed by atoms with van der Waals surface area (Å²) in [4.78, 5) is 33.5. The summed E-state index contributed by atoms with van der Waals surface area (Å²) < 4.78 is 5.41. The number of H-pyrrole nitrogens is 1. The van der Waals surface area contributed by atoms with Gasteiger partial charge in [0.15, 0.2) is 0 Å². The lowest BCUT2D eigenvalue weighted by Gasteiger charge is -2.46. The molecule has 8 heteroatoms. The number of hydrogen-bond acceptors (Lipinski definition) is 4. The molecule has 29 heavy (non-hydrogen) atoms. The van der Waals surface area contributed by atoms with Crippen LogP contribution in [0.15, 0.2) is 36.5 Å². The molecule has 0 saturated carbocycles. The van der Waals surface area contributed by atoms with Crippen molar-refractivity contribution in [3.8, 4) is 0 Å². The number of benzene rings is 1. The number of rotatable bonds is 3. The second-order valence-electron chi connectivity index (χ2n) is 7.49. The maximum atomic E-state index is 13.5. The van der Waals surface area contributed by atoms with Crippen molar-refractivity contribution in [2.75, 3.05) is 44.7 Å². The van der Waals surface area contributed by atoms with E-state index < -0.39 is 0 Å². The van der Waals surface area contributed by atoms with E-state index in [2.05, 4.69) is 15.2 Å². The molecule has 1 aromatic carbocycles. The number of ether oxygens (including phenoxy) is 1. The largest absolute Gasteiger partial charge is 0.379 e. The van der Waals surface area contributed by atoms with Crippen molar-refractivity contribution in [2.45, 2.75) is 6.04 Å². The monoisotopic (exact) mass is 412 g/mol. The molecule has 3 aliphatic rings. The zero-order valence-electron chi connectivity index (χ0n) is 15.8. The summed E-state index contributed by atoms with van der Waals surface area (Å²) in [5.74, 6) is -0.430. The lowest BCUT2D eigenvalue weighted by molar-refractivity contribution is -0.133. The number of carbonyl (C=O) groups is 2. The Balaban J connectivity index is 1.48. The number of amides is 2. The van der Waals surface area contributed by atoms with Gasteiger partial charge in [-0.1, -0.05) is 11.6 Å². The van der Waals surface area contributed by atoms with Gasteiger partial charge in [0.2, 0.25) is 0 Å². The number of nitrogens with zero attached hydrogens (tertiary/aromatic N) is 2. The van der Waals surface area contributed by atoms with Gasteiger partial charge in [0, 0.05) is 54.7 Å². The highest BCUT2D eigenvalue weighted by atomic mass is 35.5. The lowest BCUT2D eigenvalue weighted by atomic mass is 9.95. The molecule has 2 saturated heterocycles. The Morgan fingerprint density at radius 3 is 2.69 bits per heavy atom. The zero-order valence-corrected chi connectivity index (χ0v) is 16.5. The van der Waals surface area contributed by atoms with Crippen molar-refractivity contribution in [3.05, 3.63) is 52.8 Å². The topological polar surface area (TPSA) is 77.7 Å². The van der Waals surface area contributed by atoms with E-state index >= 15 is 0 Å². The maximum absolute atomic E-state index is 13.5. The van der Waals surface area contributed by atoms with Gasteiger partial charge in [0.25, 0.3) is 11.8 Å². The van der Waals surface area contributed by atoms with E-state index in [1.807, 2.05) is 12.1 Å². The number of hydrogen-bond donors (Lipinski definition) is 2. The predicted octanol–water partition coefficient (Wildman–Crippen LogP) is 2.07. The standard InChI is InChI=1S/C21H21ClN4O3/c22-13-3-4-16-15(10-13)18(20(27)24-16)19(17-2-1-5-23-17)21(28)26-11-14(12-26)25-6-8-29-9-7-25/h1-5,10,14,23H,6-9,11-12H2,(H,24,27). The summed E-state index contributed by atoms with van der Waals surface area (Å²) in [7, 11) is 0. The van der Waals surface area contributed by atoms with Crippen LogP contribution in [-0.2, 0) is 14.3 Å². The Morgan fingerprint density at radius 2 is 1.97 bits per heavy atom. The molecule has 0 radical (unpaired) electrons. The van der Waals surface area contributed by atoms with E-state index in [0.29, 0.717) is 52.2 Å². The summed E-state index contributed by atoms with van der Waals surface area (Å²) in [6, 6.07) is 9.19. The second-order valence-corrected chi connectivity index (χ2v) is 7.93. The molecule has 2 amide bonds. The first kappa shape index (κ1) is 18.4. The summed E-state index contributed by atoms with van der Waals surface area (Å²) in [5.41, 5.74) is 2.70. The van der Waals surface area contributed by atoms with E-state index in [4.69, 9.17) is 16.3 Å². The summed E-state index contributed by atoms with van der Waals surface area (Å²) in [6.07, 6.45) is 1.75. The van der Waals surface area contributed by atoms with Gasteiger partial charge in [-0.05, 0) is 30.3 Å². The fourth-order valence-corrected chi connectivity index (χ4v) is 4.36. The number of nitrogens with one attached hydrogen (secondary N) is 2. The van der Waals surface area contributed by atoms with Gasteiger partial charge < -0.3 is 19.9 Å². The third kappa shape index (κ3) is 3.25. The summed E-state index contributed by atoms with van der Waals surface area (Å²) >= 11 is 6.17. The number of aromatic amines is 1. The Kier molecular flexibility index (Phi) is 4.66. The summed E-state index contributed by atoms with van der Waals surface area (Å²) in [5, 5.41) is 3.37. The number of halogens is 1. The van der Waals surface area contributed by atoms with Crippen molar-refractivity contribution < 1.29 is 14.3 Å². The van der Waals surface area contributed by atoms with Gasteiger partial charge in [-0.3, -0.25) is 14.5 Å². The zero-order chi connectivity index (χ0) is 20.0. The molecule has 1 aromatic heterocycles. The average Bonchev–Trinajstić information content (AvgIpc) is 3.31. The molecule has 0 bridgehead atoms. The number of likely N-dealkylation sites (tertiary alicyclic amines) is 1. The molecule has 0 atom stereocenters. The van der Waals surface area contributed by atoms with E-state index in [9.17, 15) is 9.59 Å². The van der Waals surface area contributed by atoms with E-state index in [1.165, 1.54) is 0 Å². The molecular weight excluding hydrogens is 392 g/mol. The molecule has 2 aromatic rings. The Bertz CT molecular complexity index is 989. The van der Waals surface area contributed by atoms with Crippen molar-refractivity contribution in [2.24, 2.45) is 0 Å². The van der Waals surface area contributed by atoms with Crippen LogP contribution in [0.4, 0.5) is 5.69 Å². The Labute approximate surface area is 173 Å². The minimum atomic E-state index is -0.287.